The van der Waals surface area contributed by atoms with Crippen LogP contribution in [0, 0.1) is 0 Å². The first-order valence-electron chi connectivity index (χ1n) is 6.07. The third-order valence-corrected chi connectivity index (χ3v) is 3.61. The highest BCUT2D eigenvalue weighted by Crippen LogP contribution is 2.34. The maximum absolute atomic E-state index is 12.0. The Morgan fingerprint density at radius 3 is 2.15 bits per heavy atom. The van der Waals surface area contributed by atoms with Crippen molar-refractivity contribution in [2.75, 3.05) is 6.61 Å². The van der Waals surface area contributed by atoms with Gasteiger partial charge >= 0.3 is 5.97 Å². The highest BCUT2D eigenvalue weighted by molar-refractivity contribution is 6.32. The zero-order valence-corrected chi connectivity index (χ0v) is 11.9. The SMILES string of the molecule is O=C1OCC(c2cccc(Cl)c2)=C1c1cccc(Cl)c1. The summed E-state index contributed by atoms with van der Waals surface area (Å²) in [5.74, 6) is -0.331. The van der Waals surface area contributed by atoms with Crippen molar-refractivity contribution in [1.29, 1.82) is 0 Å². The van der Waals surface area contributed by atoms with Crippen LogP contribution in [0.25, 0.3) is 11.1 Å². The fourth-order valence-corrected chi connectivity index (χ4v) is 2.63. The quantitative estimate of drug-likeness (QED) is 0.766. The predicted octanol–water partition coefficient (Wildman–Crippen LogP) is 4.46. The molecule has 0 spiro atoms. The number of carbonyl (C=O) groups excluding carboxylic acids is 1. The molecule has 0 fully saturated rings. The Morgan fingerprint density at radius 2 is 1.50 bits per heavy atom. The Balaban J connectivity index is 2.17. The van der Waals surface area contributed by atoms with Crippen LogP contribution >= 0.6 is 23.2 Å². The Kier molecular flexibility index (Phi) is 3.51. The van der Waals surface area contributed by atoms with E-state index in [1.54, 1.807) is 18.2 Å². The lowest BCUT2D eigenvalue weighted by molar-refractivity contribution is -0.133. The second-order valence-electron chi connectivity index (χ2n) is 4.45. The molecule has 0 atom stereocenters. The van der Waals surface area contributed by atoms with Crippen LogP contribution in [-0.4, -0.2) is 12.6 Å². The van der Waals surface area contributed by atoms with E-state index in [1.807, 2.05) is 30.3 Å². The summed E-state index contributed by atoms with van der Waals surface area (Å²) in [4.78, 5) is 12.0. The lowest BCUT2D eigenvalue weighted by Crippen LogP contribution is -1.98. The first-order chi connectivity index (χ1) is 9.65. The normalized spacial score (nSPS) is 14.6. The average Bonchev–Trinajstić information content (AvgIpc) is 2.80. The van der Waals surface area contributed by atoms with Gasteiger partial charge in [0.15, 0.2) is 0 Å². The molecule has 1 heterocycles. The van der Waals surface area contributed by atoms with Gasteiger partial charge in [-0.05, 0) is 35.4 Å². The summed E-state index contributed by atoms with van der Waals surface area (Å²) in [6, 6.07) is 14.6. The van der Waals surface area contributed by atoms with E-state index in [0.717, 1.165) is 16.7 Å². The lowest BCUT2D eigenvalue weighted by atomic mass is 9.97. The van der Waals surface area contributed by atoms with E-state index < -0.39 is 0 Å². The van der Waals surface area contributed by atoms with E-state index in [2.05, 4.69) is 0 Å². The third-order valence-electron chi connectivity index (χ3n) is 3.14. The van der Waals surface area contributed by atoms with E-state index in [0.29, 0.717) is 15.6 Å². The molecule has 0 aromatic heterocycles. The van der Waals surface area contributed by atoms with Crippen molar-refractivity contribution in [3.63, 3.8) is 0 Å². The number of carbonyl (C=O) groups is 1. The van der Waals surface area contributed by atoms with Gasteiger partial charge in [0.05, 0.1) is 5.57 Å². The van der Waals surface area contributed by atoms with Gasteiger partial charge in [-0.1, -0.05) is 47.5 Å². The second-order valence-corrected chi connectivity index (χ2v) is 5.32. The molecule has 3 rings (SSSR count). The Hall–Kier alpha value is -1.77. The number of rotatable bonds is 2. The largest absolute Gasteiger partial charge is 0.457 e. The van der Waals surface area contributed by atoms with Crippen molar-refractivity contribution in [1.82, 2.24) is 0 Å². The van der Waals surface area contributed by atoms with E-state index in [9.17, 15) is 4.79 Å². The van der Waals surface area contributed by atoms with Gasteiger partial charge in [-0.2, -0.15) is 0 Å². The predicted molar refractivity (Wildman–Crippen MR) is 80.7 cm³/mol. The Morgan fingerprint density at radius 1 is 0.900 bits per heavy atom. The molecule has 0 bridgehead atoms. The van der Waals surface area contributed by atoms with Crippen molar-refractivity contribution in [3.8, 4) is 0 Å². The molecule has 20 heavy (non-hydrogen) atoms. The van der Waals surface area contributed by atoms with Crippen LogP contribution in [0.5, 0.6) is 0 Å². The van der Waals surface area contributed by atoms with Crippen molar-refractivity contribution in [2.24, 2.45) is 0 Å². The van der Waals surface area contributed by atoms with Gasteiger partial charge in [0.2, 0.25) is 0 Å². The summed E-state index contributed by atoms with van der Waals surface area (Å²) < 4.78 is 5.17. The first kappa shape index (κ1) is 13.2. The molecule has 1 aliphatic heterocycles. The van der Waals surface area contributed by atoms with Crippen molar-refractivity contribution < 1.29 is 9.53 Å². The van der Waals surface area contributed by atoms with Crippen LogP contribution in [0.4, 0.5) is 0 Å². The Bertz CT molecular complexity index is 720. The molecule has 0 unspecified atom stereocenters. The van der Waals surface area contributed by atoms with Gasteiger partial charge in [0.25, 0.3) is 0 Å². The van der Waals surface area contributed by atoms with Gasteiger partial charge in [-0.25, -0.2) is 4.79 Å². The number of hydrogen-bond donors (Lipinski definition) is 0. The highest BCUT2D eigenvalue weighted by atomic mass is 35.5. The molecular formula is C16H10Cl2O2. The zero-order valence-electron chi connectivity index (χ0n) is 10.4. The molecule has 1 aliphatic rings. The van der Waals surface area contributed by atoms with Gasteiger partial charge in [0.1, 0.15) is 6.61 Å². The molecule has 2 nitrogen and oxygen atoms in total. The Labute approximate surface area is 126 Å². The van der Waals surface area contributed by atoms with Gasteiger partial charge < -0.3 is 4.74 Å². The van der Waals surface area contributed by atoms with Crippen LogP contribution in [-0.2, 0) is 9.53 Å². The fourth-order valence-electron chi connectivity index (χ4n) is 2.25. The smallest absolute Gasteiger partial charge is 0.339 e. The van der Waals surface area contributed by atoms with E-state index in [1.165, 1.54) is 0 Å². The summed E-state index contributed by atoms with van der Waals surface area (Å²) in [6.07, 6.45) is 0. The number of benzene rings is 2. The number of hydrogen-bond acceptors (Lipinski definition) is 2. The molecule has 2 aromatic carbocycles. The average molecular weight is 305 g/mol. The lowest BCUT2D eigenvalue weighted by Gasteiger charge is -2.05. The maximum atomic E-state index is 12.0. The first-order valence-corrected chi connectivity index (χ1v) is 6.83. The van der Waals surface area contributed by atoms with Gasteiger partial charge in [-0.15, -0.1) is 0 Å². The minimum absolute atomic E-state index is 0.251. The molecular weight excluding hydrogens is 295 g/mol. The van der Waals surface area contributed by atoms with Crippen LogP contribution in [0.15, 0.2) is 48.5 Å². The summed E-state index contributed by atoms with van der Waals surface area (Å²) in [5.41, 5.74) is 3.03. The topological polar surface area (TPSA) is 26.3 Å². The van der Waals surface area contributed by atoms with E-state index >= 15 is 0 Å². The molecule has 0 amide bonds. The molecule has 0 saturated carbocycles. The van der Waals surface area contributed by atoms with Crippen LogP contribution in [0.2, 0.25) is 10.0 Å². The molecule has 0 N–H and O–H groups in total. The minimum atomic E-state index is -0.331. The third kappa shape index (κ3) is 2.45. The van der Waals surface area contributed by atoms with Crippen molar-refractivity contribution >= 4 is 40.3 Å². The number of halogens is 2. The van der Waals surface area contributed by atoms with E-state index in [4.69, 9.17) is 27.9 Å². The van der Waals surface area contributed by atoms with Gasteiger partial charge in [0, 0.05) is 15.6 Å². The van der Waals surface area contributed by atoms with Crippen molar-refractivity contribution in [3.05, 3.63) is 69.7 Å². The summed E-state index contributed by atoms with van der Waals surface area (Å²) in [5, 5.41) is 1.21. The molecule has 4 heteroatoms. The highest BCUT2D eigenvalue weighted by Gasteiger charge is 2.27. The molecule has 0 aliphatic carbocycles. The maximum Gasteiger partial charge on any atom is 0.339 e. The summed E-state index contributed by atoms with van der Waals surface area (Å²) in [6.45, 7) is 0.251. The fraction of sp³-hybridized carbons (Fsp3) is 0.0625. The summed E-state index contributed by atoms with van der Waals surface area (Å²) in [7, 11) is 0. The van der Waals surface area contributed by atoms with Crippen molar-refractivity contribution in [2.45, 2.75) is 0 Å². The van der Waals surface area contributed by atoms with Crippen LogP contribution in [0.1, 0.15) is 11.1 Å². The zero-order chi connectivity index (χ0) is 14.1. The monoisotopic (exact) mass is 304 g/mol. The minimum Gasteiger partial charge on any atom is -0.457 e. The second kappa shape index (κ2) is 5.31. The van der Waals surface area contributed by atoms with Gasteiger partial charge in [-0.3, -0.25) is 0 Å². The standard InChI is InChI=1S/C16H10Cl2O2/c17-12-5-1-3-10(7-12)14-9-20-16(19)15(14)11-4-2-6-13(18)8-11/h1-8H,9H2. The molecule has 0 radical (unpaired) electrons. The molecule has 0 saturated heterocycles. The van der Waals surface area contributed by atoms with E-state index in [-0.39, 0.29) is 12.6 Å². The number of esters is 1. The molecule has 2 aromatic rings. The summed E-state index contributed by atoms with van der Waals surface area (Å²) >= 11 is 12.0. The van der Waals surface area contributed by atoms with Crippen LogP contribution in [0.3, 0.4) is 0 Å². The molecule has 100 valence electrons. The number of ether oxygens (including phenoxy) is 1. The number of cyclic esters (lactones) is 1. The van der Waals surface area contributed by atoms with Crippen LogP contribution < -0.4 is 0 Å².